The number of carbonyl (C=O) groups is 2. The van der Waals surface area contributed by atoms with Gasteiger partial charge in [-0.1, -0.05) is 50.0 Å². The van der Waals surface area contributed by atoms with E-state index in [1.54, 1.807) is 31.2 Å². The number of nitrogens with one attached hydrogen (secondary N) is 2. The van der Waals surface area contributed by atoms with Crippen LogP contribution in [-0.4, -0.2) is 26.8 Å². The van der Waals surface area contributed by atoms with E-state index in [-0.39, 0.29) is 11.3 Å². The molecule has 0 atom stereocenters. The second-order valence-corrected chi connectivity index (χ2v) is 6.95. The lowest BCUT2D eigenvalue weighted by atomic mass is 10.1. The highest BCUT2D eigenvalue weighted by atomic mass is 16.5. The van der Waals surface area contributed by atoms with Gasteiger partial charge in [-0.3, -0.25) is 25.2 Å². The second-order valence-electron chi connectivity index (χ2n) is 6.95. The Hall–Kier alpha value is -3.49. The summed E-state index contributed by atoms with van der Waals surface area (Å²) < 4.78 is 6.37. The normalized spacial score (nSPS) is 10.9. The molecular weight excluding hydrogens is 386 g/mol. The van der Waals surface area contributed by atoms with Gasteiger partial charge >= 0.3 is 0 Å². The maximum absolute atomic E-state index is 12.8. The molecule has 0 spiro atoms. The van der Waals surface area contributed by atoms with Crippen molar-refractivity contribution < 1.29 is 14.1 Å². The van der Waals surface area contributed by atoms with E-state index < -0.39 is 11.8 Å². The molecule has 30 heavy (non-hydrogen) atoms. The van der Waals surface area contributed by atoms with Crippen LogP contribution in [0.3, 0.4) is 0 Å². The molecule has 0 saturated carbocycles. The zero-order chi connectivity index (χ0) is 21.7. The van der Waals surface area contributed by atoms with Gasteiger partial charge in [0.2, 0.25) is 0 Å². The van der Waals surface area contributed by atoms with E-state index in [1.807, 2.05) is 6.92 Å². The number of nitrogens with zero attached hydrogens (tertiary/aromatic N) is 3. The molecule has 2 aromatic heterocycles. The predicted octanol–water partition coefficient (Wildman–Crippen LogP) is 2.52. The third kappa shape index (κ3) is 4.24. The molecule has 3 rings (SSSR count). The Labute approximate surface area is 173 Å². The molecule has 3 aromatic rings. The van der Waals surface area contributed by atoms with Gasteiger partial charge in [0, 0.05) is 11.9 Å². The minimum atomic E-state index is -0.615. The van der Waals surface area contributed by atoms with Gasteiger partial charge in [0.15, 0.2) is 5.69 Å². The Balaban J connectivity index is 1.87. The van der Waals surface area contributed by atoms with Crippen LogP contribution in [0.4, 0.5) is 0 Å². The third-order valence-corrected chi connectivity index (χ3v) is 4.84. The van der Waals surface area contributed by atoms with Crippen LogP contribution < -0.4 is 16.4 Å². The molecule has 2 heterocycles. The molecule has 158 valence electrons. The van der Waals surface area contributed by atoms with Crippen molar-refractivity contribution in [2.45, 2.75) is 53.0 Å². The number of aromatic nitrogens is 3. The molecule has 9 heteroatoms. The van der Waals surface area contributed by atoms with Crippen LogP contribution in [-0.2, 0) is 13.0 Å². The van der Waals surface area contributed by atoms with Gasteiger partial charge in [0.05, 0.1) is 11.1 Å². The largest absolute Gasteiger partial charge is 0.361 e. The van der Waals surface area contributed by atoms with Crippen molar-refractivity contribution in [3.05, 3.63) is 57.3 Å². The van der Waals surface area contributed by atoms with E-state index in [9.17, 15) is 14.4 Å². The quantitative estimate of drug-likeness (QED) is 0.455. The van der Waals surface area contributed by atoms with E-state index in [1.165, 1.54) is 4.68 Å². The summed E-state index contributed by atoms with van der Waals surface area (Å²) in [6.07, 6.45) is 3.26. The smallest absolute Gasteiger partial charge is 0.290 e. The highest BCUT2D eigenvalue weighted by molar-refractivity contribution is 6.06. The minimum Gasteiger partial charge on any atom is -0.361 e. The Morgan fingerprint density at radius 3 is 2.47 bits per heavy atom. The standard InChI is InChI=1S/C21H25N5O4/c1-4-6-9-12-26-21(29)15-11-8-7-10-14(15)18(24-26)20(28)23-22-19(27)17-13(3)30-25-16(17)5-2/h7-8,10-11H,4-6,9,12H2,1-3H3,(H,22,27)(H,23,28). The molecule has 2 amide bonds. The van der Waals surface area contributed by atoms with Crippen molar-refractivity contribution in [2.24, 2.45) is 0 Å². The summed E-state index contributed by atoms with van der Waals surface area (Å²) >= 11 is 0. The average molecular weight is 411 g/mol. The number of fused-ring (bicyclic) bond motifs is 1. The Morgan fingerprint density at radius 1 is 1.07 bits per heavy atom. The van der Waals surface area contributed by atoms with Gasteiger partial charge < -0.3 is 4.52 Å². The molecule has 0 aliphatic carbocycles. The van der Waals surface area contributed by atoms with Crippen LogP contribution >= 0.6 is 0 Å². The van der Waals surface area contributed by atoms with Crippen molar-refractivity contribution in [1.82, 2.24) is 25.8 Å². The molecule has 0 unspecified atom stereocenters. The van der Waals surface area contributed by atoms with Crippen molar-refractivity contribution in [3.8, 4) is 0 Å². The topological polar surface area (TPSA) is 119 Å². The zero-order valence-electron chi connectivity index (χ0n) is 17.3. The van der Waals surface area contributed by atoms with Gasteiger partial charge in [-0.2, -0.15) is 5.10 Å². The van der Waals surface area contributed by atoms with Crippen LogP contribution in [0.25, 0.3) is 10.8 Å². The van der Waals surface area contributed by atoms with Crippen LogP contribution in [0.15, 0.2) is 33.6 Å². The number of carbonyl (C=O) groups excluding carboxylic acids is 2. The number of aryl methyl sites for hydroxylation is 3. The predicted molar refractivity (Wildman–Crippen MR) is 111 cm³/mol. The fourth-order valence-corrected chi connectivity index (χ4v) is 3.25. The summed E-state index contributed by atoms with van der Waals surface area (Å²) in [4.78, 5) is 38.0. The van der Waals surface area contributed by atoms with E-state index in [0.29, 0.717) is 40.8 Å². The number of hydrogen-bond acceptors (Lipinski definition) is 6. The Bertz CT molecular complexity index is 1130. The molecular formula is C21H25N5O4. The van der Waals surface area contributed by atoms with Gasteiger partial charge in [0.1, 0.15) is 11.3 Å². The highest BCUT2D eigenvalue weighted by Crippen LogP contribution is 2.15. The van der Waals surface area contributed by atoms with Crippen LogP contribution in [0, 0.1) is 6.92 Å². The van der Waals surface area contributed by atoms with Gasteiger partial charge in [-0.25, -0.2) is 4.68 Å². The lowest BCUT2D eigenvalue weighted by Crippen LogP contribution is -2.43. The van der Waals surface area contributed by atoms with Crippen molar-refractivity contribution in [2.75, 3.05) is 0 Å². The fraction of sp³-hybridized carbons (Fsp3) is 0.381. The van der Waals surface area contributed by atoms with Crippen LogP contribution in [0.1, 0.15) is 65.4 Å². The first-order chi connectivity index (χ1) is 14.5. The molecule has 9 nitrogen and oxygen atoms in total. The lowest BCUT2D eigenvalue weighted by Gasteiger charge is -2.12. The van der Waals surface area contributed by atoms with Gasteiger partial charge in [-0.05, 0) is 25.8 Å². The summed E-state index contributed by atoms with van der Waals surface area (Å²) in [6, 6.07) is 6.80. The number of unbranched alkanes of at least 4 members (excludes halogenated alkanes) is 2. The molecule has 0 bridgehead atoms. The summed E-state index contributed by atoms with van der Waals surface area (Å²) in [5.41, 5.74) is 5.40. The lowest BCUT2D eigenvalue weighted by molar-refractivity contribution is 0.0842. The fourth-order valence-electron chi connectivity index (χ4n) is 3.25. The average Bonchev–Trinajstić information content (AvgIpc) is 3.14. The number of amides is 2. The number of hydrazine groups is 1. The van der Waals surface area contributed by atoms with E-state index >= 15 is 0 Å². The third-order valence-electron chi connectivity index (χ3n) is 4.84. The summed E-state index contributed by atoms with van der Waals surface area (Å²) in [5, 5.41) is 8.95. The van der Waals surface area contributed by atoms with Crippen LogP contribution in [0.5, 0.6) is 0 Å². The summed E-state index contributed by atoms with van der Waals surface area (Å²) in [6.45, 7) is 5.97. The molecule has 0 radical (unpaired) electrons. The number of benzene rings is 1. The molecule has 1 aromatic carbocycles. The Kier molecular flexibility index (Phi) is 6.61. The SMILES string of the molecule is CCCCCn1nc(C(=O)NNC(=O)c2c(CC)noc2C)c2ccccc2c1=O. The van der Waals surface area contributed by atoms with Crippen LogP contribution in [0.2, 0.25) is 0 Å². The molecule has 0 saturated heterocycles. The molecule has 0 aliphatic heterocycles. The van der Waals surface area contributed by atoms with Crippen molar-refractivity contribution in [1.29, 1.82) is 0 Å². The second kappa shape index (κ2) is 9.34. The highest BCUT2D eigenvalue weighted by Gasteiger charge is 2.21. The first kappa shape index (κ1) is 21.2. The molecule has 2 N–H and O–H groups in total. The first-order valence-corrected chi connectivity index (χ1v) is 10.0. The van der Waals surface area contributed by atoms with Gasteiger partial charge in [0.25, 0.3) is 17.4 Å². The van der Waals surface area contributed by atoms with Crippen molar-refractivity contribution in [3.63, 3.8) is 0 Å². The first-order valence-electron chi connectivity index (χ1n) is 10.0. The molecule has 0 aliphatic rings. The van der Waals surface area contributed by atoms with Gasteiger partial charge in [-0.15, -0.1) is 0 Å². The van der Waals surface area contributed by atoms with Crippen molar-refractivity contribution >= 4 is 22.6 Å². The number of hydrogen-bond donors (Lipinski definition) is 2. The number of rotatable bonds is 7. The van der Waals surface area contributed by atoms with E-state index in [4.69, 9.17) is 4.52 Å². The molecule has 0 fully saturated rings. The monoisotopic (exact) mass is 411 g/mol. The van der Waals surface area contributed by atoms with E-state index in [0.717, 1.165) is 19.3 Å². The van der Waals surface area contributed by atoms with E-state index in [2.05, 4.69) is 28.0 Å². The summed E-state index contributed by atoms with van der Waals surface area (Å²) in [5.74, 6) is -0.776. The zero-order valence-corrected chi connectivity index (χ0v) is 17.3. The Morgan fingerprint density at radius 2 is 1.77 bits per heavy atom. The summed E-state index contributed by atoms with van der Waals surface area (Å²) in [7, 11) is 0. The minimum absolute atomic E-state index is 0.0692. The maximum atomic E-state index is 12.8. The maximum Gasteiger partial charge on any atom is 0.290 e.